The summed E-state index contributed by atoms with van der Waals surface area (Å²) in [4.78, 5) is 0.318. The highest BCUT2D eigenvalue weighted by atomic mass is 32.2. The Balaban J connectivity index is 2.39. The number of para-hydroxylation sites is 1. The Hall–Kier alpha value is -1.07. The predicted octanol–water partition coefficient (Wildman–Crippen LogP) is 2.78. The van der Waals surface area contributed by atoms with Gasteiger partial charge in [-0.2, -0.15) is 0 Å². The van der Waals surface area contributed by atoms with Gasteiger partial charge in [0, 0.05) is 6.04 Å². The first-order valence-corrected chi connectivity index (χ1v) is 9.20. The number of benzene rings is 1. The third kappa shape index (κ3) is 3.58. The van der Waals surface area contributed by atoms with Gasteiger partial charge >= 0.3 is 0 Å². The minimum atomic E-state index is -3.39. The van der Waals surface area contributed by atoms with Gasteiger partial charge in [-0.25, -0.2) is 8.42 Å². The molecule has 1 saturated carbocycles. The van der Waals surface area contributed by atoms with E-state index in [0.29, 0.717) is 17.1 Å². The van der Waals surface area contributed by atoms with Crippen LogP contribution in [0.3, 0.4) is 0 Å². The highest BCUT2D eigenvalue weighted by Crippen LogP contribution is 2.32. The average molecular weight is 311 g/mol. The van der Waals surface area contributed by atoms with Crippen molar-refractivity contribution < 1.29 is 13.2 Å². The molecule has 0 heterocycles. The zero-order chi connectivity index (χ0) is 15.3. The molecular formula is C16H25NO3S. The van der Waals surface area contributed by atoms with Gasteiger partial charge in [-0.3, -0.25) is 0 Å². The Bertz CT molecular complexity index is 556. The molecule has 0 spiro atoms. The number of hydrogen-bond acceptors (Lipinski definition) is 4. The Morgan fingerprint density at radius 3 is 2.43 bits per heavy atom. The summed E-state index contributed by atoms with van der Waals surface area (Å²) in [6.07, 6.45) is 6.00. The number of nitrogens with one attached hydrogen (secondary N) is 1. The molecule has 0 amide bonds. The topological polar surface area (TPSA) is 55.4 Å². The van der Waals surface area contributed by atoms with Crippen molar-refractivity contribution in [3.05, 3.63) is 24.3 Å². The second kappa shape index (κ2) is 7.27. The fraction of sp³-hybridized carbons (Fsp3) is 0.625. The first kappa shape index (κ1) is 16.3. The number of rotatable bonds is 4. The van der Waals surface area contributed by atoms with Gasteiger partial charge in [0.25, 0.3) is 0 Å². The van der Waals surface area contributed by atoms with E-state index in [-0.39, 0.29) is 11.3 Å². The van der Waals surface area contributed by atoms with Gasteiger partial charge in [-0.05, 0) is 32.0 Å². The summed E-state index contributed by atoms with van der Waals surface area (Å²) in [5.41, 5.74) is 0. The largest absolute Gasteiger partial charge is 0.495 e. The lowest BCUT2D eigenvalue weighted by molar-refractivity contribution is 0.393. The zero-order valence-electron chi connectivity index (χ0n) is 12.8. The van der Waals surface area contributed by atoms with Gasteiger partial charge in [0.15, 0.2) is 9.84 Å². The summed E-state index contributed by atoms with van der Waals surface area (Å²) in [6.45, 7) is 0. The van der Waals surface area contributed by atoms with Crippen LogP contribution in [0, 0.1) is 0 Å². The molecule has 2 atom stereocenters. The highest BCUT2D eigenvalue weighted by molar-refractivity contribution is 7.92. The second-order valence-electron chi connectivity index (χ2n) is 5.62. The second-order valence-corrected chi connectivity index (χ2v) is 7.76. The predicted molar refractivity (Wildman–Crippen MR) is 84.5 cm³/mol. The number of hydrogen-bond donors (Lipinski definition) is 1. The number of sulfone groups is 1. The van der Waals surface area contributed by atoms with Gasteiger partial charge in [-0.15, -0.1) is 0 Å². The van der Waals surface area contributed by atoms with E-state index in [9.17, 15) is 8.42 Å². The summed E-state index contributed by atoms with van der Waals surface area (Å²) in [5.74, 6) is 0.439. The molecule has 0 aliphatic heterocycles. The van der Waals surface area contributed by atoms with Crippen LogP contribution in [0.2, 0.25) is 0 Å². The Labute approximate surface area is 127 Å². The molecule has 2 rings (SSSR count). The SMILES string of the molecule is CNC1CCCCCCC1S(=O)(=O)c1ccccc1OC. The minimum absolute atomic E-state index is 0.0141. The summed E-state index contributed by atoms with van der Waals surface area (Å²) < 4.78 is 31.4. The smallest absolute Gasteiger partial charge is 0.186 e. The van der Waals surface area contributed by atoms with Crippen molar-refractivity contribution in [3.8, 4) is 5.75 Å². The van der Waals surface area contributed by atoms with E-state index in [4.69, 9.17) is 4.74 Å². The van der Waals surface area contributed by atoms with Crippen molar-refractivity contribution in [1.82, 2.24) is 5.32 Å². The van der Waals surface area contributed by atoms with Crippen molar-refractivity contribution in [2.45, 2.75) is 54.7 Å². The summed E-state index contributed by atoms with van der Waals surface area (Å²) in [6, 6.07) is 6.93. The fourth-order valence-corrected chi connectivity index (χ4v) is 5.38. The van der Waals surface area contributed by atoms with E-state index in [2.05, 4.69) is 5.32 Å². The lowest BCUT2D eigenvalue weighted by Crippen LogP contribution is -2.43. The molecule has 1 aromatic carbocycles. The molecule has 0 bridgehead atoms. The van der Waals surface area contributed by atoms with Gasteiger partial charge in [-0.1, -0.05) is 37.8 Å². The first-order valence-electron chi connectivity index (χ1n) is 7.65. The standard InChI is InChI=1S/C16H25NO3S/c1-17-13-9-5-3-4-6-11-15(13)21(18,19)16-12-8-7-10-14(16)20-2/h7-8,10,12-13,15,17H,3-6,9,11H2,1-2H3. The first-order chi connectivity index (χ1) is 10.1. The van der Waals surface area contributed by atoms with Crippen molar-refractivity contribution in [2.75, 3.05) is 14.2 Å². The molecule has 21 heavy (non-hydrogen) atoms. The lowest BCUT2D eigenvalue weighted by atomic mass is 9.96. The van der Waals surface area contributed by atoms with Crippen molar-refractivity contribution in [1.29, 1.82) is 0 Å². The third-order valence-electron chi connectivity index (χ3n) is 4.35. The Kier molecular flexibility index (Phi) is 5.65. The number of methoxy groups -OCH3 is 1. The van der Waals surface area contributed by atoms with E-state index in [0.717, 1.165) is 25.7 Å². The summed E-state index contributed by atoms with van der Waals surface area (Å²) in [5, 5.41) is 2.84. The highest BCUT2D eigenvalue weighted by Gasteiger charge is 2.35. The molecule has 0 aromatic heterocycles. The molecule has 5 heteroatoms. The Morgan fingerprint density at radius 2 is 1.76 bits per heavy atom. The van der Waals surface area contributed by atoms with E-state index in [1.165, 1.54) is 13.5 Å². The van der Waals surface area contributed by atoms with Crippen LogP contribution in [-0.2, 0) is 9.84 Å². The normalized spacial score (nSPS) is 24.1. The fourth-order valence-electron chi connectivity index (χ4n) is 3.17. The zero-order valence-corrected chi connectivity index (χ0v) is 13.7. The van der Waals surface area contributed by atoms with Crippen molar-refractivity contribution in [2.24, 2.45) is 0 Å². The number of ether oxygens (including phenoxy) is 1. The van der Waals surface area contributed by atoms with Gasteiger partial charge < -0.3 is 10.1 Å². The molecule has 1 aliphatic rings. The molecule has 0 radical (unpaired) electrons. The van der Waals surface area contributed by atoms with Crippen LogP contribution in [-0.4, -0.2) is 33.9 Å². The van der Waals surface area contributed by atoms with Crippen LogP contribution in [0.5, 0.6) is 5.75 Å². The monoisotopic (exact) mass is 311 g/mol. The van der Waals surface area contributed by atoms with Crippen molar-refractivity contribution >= 4 is 9.84 Å². The van der Waals surface area contributed by atoms with Crippen LogP contribution < -0.4 is 10.1 Å². The van der Waals surface area contributed by atoms with Gasteiger partial charge in [0.05, 0.1) is 12.4 Å². The molecule has 1 aliphatic carbocycles. The molecular weight excluding hydrogens is 286 g/mol. The maximum absolute atomic E-state index is 13.1. The van der Waals surface area contributed by atoms with Crippen LogP contribution in [0.15, 0.2) is 29.2 Å². The molecule has 1 N–H and O–H groups in total. The lowest BCUT2D eigenvalue weighted by Gasteiger charge is -2.29. The maximum atomic E-state index is 13.1. The molecule has 1 aromatic rings. The minimum Gasteiger partial charge on any atom is -0.495 e. The molecule has 0 saturated heterocycles. The maximum Gasteiger partial charge on any atom is 0.186 e. The van der Waals surface area contributed by atoms with E-state index in [1.807, 2.05) is 7.05 Å². The average Bonchev–Trinajstić information content (AvgIpc) is 2.47. The van der Waals surface area contributed by atoms with Crippen LogP contribution in [0.4, 0.5) is 0 Å². The Morgan fingerprint density at radius 1 is 1.10 bits per heavy atom. The molecule has 4 nitrogen and oxygen atoms in total. The van der Waals surface area contributed by atoms with Crippen LogP contribution in [0.25, 0.3) is 0 Å². The molecule has 2 unspecified atom stereocenters. The summed E-state index contributed by atoms with van der Waals surface area (Å²) in [7, 11) is -0.0190. The van der Waals surface area contributed by atoms with Gasteiger partial charge in [0.1, 0.15) is 10.6 Å². The van der Waals surface area contributed by atoms with E-state index in [1.54, 1.807) is 24.3 Å². The van der Waals surface area contributed by atoms with Crippen molar-refractivity contribution in [3.63, 3.8) is 0 Å². The molecule has 118 valence electrons. The van der Waals surface area contributed by atoms with E-state index < -0.39 is 9.84 Å². The summed E-state index contributed by atoms with van der Waals surface area (Å²) >= 11 is 0. The van der Waals surface area contributed by atoms with Crippen LogP contribution >= 0.6 is 0 Å². The van der Waals surface area contributed by atoms with Gasteiger partial charge in [0.2, 0.25) is 0 Å². The quantitative estimate of drug-likeness (QED) is 0.929. The molecule has 1 fully saturated rings. The van der Waals surface area contributed by atoms with Crippen LogP contribution in [0.1, 0.15) is 38.5 Å². The third-order valence-corrected chi connectivity index (χ3v) is 6.66. The van der Waals surface area contributed by atoms with E-state index >= 15 is 0 Å².